The van der Waals surface area contributed by atoms with Crippen LogP contribution in [0.25, 0.3) is 0 Å². The highest BCUT2D eigenvalue weighted by Crippen LogP contribution is 2.05. The molecule has 4 nitrogen and oxygen atoms in total. The predicted octanol–water partition coefficient (Wildman–Crippen LogP) is 1.07. The number of rotatable bonds is 4. The van der Waals surface area contributed by atoms with E-state index < -0.39 is 0 Å². The van der Waals surface area contributed by atoms with Gasteiger partial charge in [-0.2, -0.15) is 0 Å². The van der Waals surface area contributed by atoms with Gasteiger partial charge in [-0.05, 0) is 12.0 Å². The van der Waals surface area contributed by atoms with Crippen LogP contribution in [-0.4, -0.2) is 31.2 Å². The van der Waals surface area contributed by atoms with E-state index in [9.17, 15) is 4.79 Å². The second-order valence-corrected chi connectivity index (χ2v) is 4.54. The second kappa shape index (κ2) is 6.52. The molecule has 0 bridgehead atoms. The maximum absolute atomic E-state index is 11.9. The summed E-state index contributed by atoms with van der Waals surface area (Å²) in [4.78, 5) is 11.9. The lowest BCUT2D eigenvalue weighted by molar-refractivity contribution is -0.135. The highest BCUT2D eigenvalue weighted by molar-refractivity contribution is 5.81. The standard InChI is InChI=1S/C14H20N2O2/c1-2-12-10-18-13(9-15-12)14(17)16-8-11-6-4-3-5-7-11/h3-7,12-13,15H,2,8-10H2,1H3,(H,16,17). The van der Waals surface area contributed by atoms with E-state index in [0.29, 0.717) is 25.7 Å². The van der Waals surface area contributed by atoms with Crippen molar-refractivity contribution in [2.75, 3.05) is 13.2 Å². The zero-order valence-electron chi connectivity index (χ0n) is 10.7. The van der Waals surface area contributed by atoms with Crippen molar-refractivity contribution in [3.63, 3.8) is 0 Å². The average Bonchev–Trinajstić information content (AvgIpc) is 2.46. The highest BCUT2D eigenvalue weighted by atomic mass is 16.5. The minimum absolute atomic E-state index is 0.0408. The molecule has 98 valence electrons. The summed E-state index contributed by atoms with van der Waals surface area (Å²) in [6, 6.07) is 10.3. The van der Waals surface area contributed by atoms with Crippen LogP contribution in [0.5, 0.6) is 0 Å². The van der Waals surface area contributed by atoms with Crippen molar-refractivity contribution in [1.29, 1.82) is 0 Å². The molecule has 0 saturated carbocycles. The van der Waals surface area contributed by atoms with Gasteiger partial charge in [-0.15, -0.1) is 0 Å². The van der Waals surface area contributed by atoms with Crippen molar-refractivity contribution in [3.05, 3.63) is 35.9 Å². The molecule has 1 aliphatic heterocycles. The van der Waals surface area contributed by atoms with E-state index in [4.69, 9.17) is 4.74 Å². The van der Waals surface area contributed by atoms with E-state index in [0.717, 1.165) is 12.0 Å². The number of morpholine rings is 1. The molecule has 4 heteroatoms. The molecule has 0 radical (unpaired) electrons. The molecule has 0 spiro atoms. The quantitative estimate of drug-likeness (QED) is 0.838. The van der Waals surface area contributed by atoms with E-state index in [-0.39, 0.29) is 12.0 Å². The van der Waals surface area contributed by atoms with Crippen LogP contribution >= 0.6 is 0 Å². The average molecular weight is 248 g/mol. The fourth-order valence-corrected chi connectivity index (χ4v) is 1.95. The molecular formula is C14H20N2O2. The largest absolute Gasteiger partial charge is 0.365 e. The number of carbonyl (C=O) groups excluding carboxylic acids is 1. The number of hydrogen-bond donors (Lipinski definition) is 2. The number of carbonyl (C=O) groups is 1. The minimum Gasteiger partial charge on any atom is -0.365 e. The monoisotopic (exact) mass is 248 g/mol. The lowest BCUT2D eigenvalue weighted by atomic mass is 10.1. The first-order chi connectivity index (χ1) is 8.79. The van der Waals surface area contributed by atoms with Crippen LogP contribution < -0.4 is 10.6 Å². The maximum atomic E-state index is 11.9. The lowest BCUT2D eigenvalue weighted by Gasteiger charge is -2.28. The molecule has 2 atom stereocenters. The fraction of sp³-hybridized carbons (Fsp3) is 0.500. The summed E-state index contributed by atoms with van der Waals surface area (Å²) in [5.74, 6) is -0.0408. The third-order valence-electron chi connectivity index (χ3n) is 3.19. The molecule has 1 aromatic rings. The first kappa shape index (κ1) is 13.1. The summed E-state index contributed by atoms with van der Waals surface area (Å²) in [5.41, 5.74) is 1.10. The fourth-order valence-electron chi connectivity index (χ4n) is 1.95. The Morgan fingerprint density at radius 2 is 2.22 bits per heavy atom. The van der Waals surface area contributed by atoms with Gasteiger partial charge >= 0.3 is 0 Å². The van der Waals surface area contributed by atoms with Crippen LogP contribution in [0.3, 0.4) is 0 Å². The van der Waals surface area contributed by atoms with Crippen LogP contribution in [0, 0.1) is 0 Å². The summed E-state index contributed by atoms with van der Waals surface area (Å²) in [7, 11) is 0. The first-order valence-corrected chi connectivity index (χ1v) is 6.46. The van der Waals surface area contributed by atoms with Crippen molar-refractivity contribution >= 4 is 5.91 Å². The van der Waals surface area contributed by atoms with Gasteiger partial charge in [-0.1, -0.05) is 37.3 Å². The van der Waals surface area contributed by atoms with Crippen molar-refractivity contribution < 1.29 is 9.53 Å². The van der Waals surface area contributed by atoms with Crippen molar-refractivity contribution in [1.82, 2.24) is 10.6 Å². The molecule has 18 heavy (non-hydrogen) atoms. The van der Waals surface area contributed by atoms with Gasteiger partial charge in [0.2, 0.25) is 0 Å². The Balaban J connectivity index is 1.75. The minimum atomic E-state index is -0.364. The molecule has 2 N–H and O–H groups in total. The van der Waals surface area contributed by atoms with Crippen molar-refractivity contribution in [2.24, 2.45) is 0 Å². The van der Waals surface area contributed by atoms with Crippen LogP contribution in [0.4, 0.5) is 0 Å². The van der Waals surface area contributed by atoms with Gasteiger partial charge in [0, 0.05) is 19.1 Å². The number of benzene rings is 1. The summed E-state index contributed by atoms with van der Waals surface area (Å²) in [6.45, 7) is 3.87. The van der Waals surface area contributed by atoms with E-state index in [1.165, 1.54) is 0 Å². The van der Waals surface area contributed by atoms with Gasteiger partial charge in [0.1, 0.15) is 6.10 Å². The number of ether oxygens (including phenoxy) is 1. The molecule has 0 aliphatic carbocycles. The van der Waals surface area contributed by atoms with Crippen molar-refractivity contribution in [2.45, 2.75) is 32.0 Å². The topological polar surface area (TPSA) is 50.4 Å². The van der Waals surface area contributed by atoms with Crippen LogP contribution in [0.2, 0.25) is 0 Å². The molecular weight excluding hydrogens is 228 g/mol. The van der Waals surface area contributed by atoms with Gasteiger partial charge in [0.25, 0.3) is 5.91 Å². The van der Waals surface area contributed by atoms with E-state index in [2.05, 4.69) is 17.6 Å². The highest BCUT2D eigenvalue weighted by Gasteiger charge is 2.25. The Bertz CT molecular complexity index is 373. The zero-order valence-corrected chi connectivity index (χ0v) is 10.7. The molecule has 1 fully saturated rings. The van der Waals surface area contributed by atoms with Crippen LogP contribution in [-0.2, 0) is 16.1 Å². The van der Waals surface area contributed by atoms with Crippen LogP contribution in [0.15, 0.2) is 30.3 Å². The predicted molar refractivity (Wildman–Crippen MR) is 70.1 cm³/mol. The Kier molecular flexibility index (Phi) is 4.73. The summed E-state index contributed by atoms with van der Waals surface area (Å²) < 4.78 is 5.56. The molecule has 1 heterocycles. The molecule has 1 amide bonds. The Morgan fingerprint density at radius 3 is 2.83 bits per heavy atom. The van der Waals surface area contributed by atoms with E-state index >= 15 is 0 Å². The molecule has 0 aromatic heterocycles. The van der Waals surface area contributed by atoms with Gasteiger partial charge in [-0.25, -0.2) is 0 Å². The third-order valence-corrected chi connectivity index (χ3v) is 3.19. The van der Waals surface area contributed by atoms with E-state index in [1.807, 2.05) is 30.3 Å². The molecule has 2 rings (SSSR count). The molecule has 1 aromatic carbocycles. The Labute approximate surface area is 108 Å². The van der Waals surface area contributed by atoms with Gasteiger partial charge in [0.15, 0.2) is 0 Å². The maximum Gasteiger partial charge on any atom is 0.250 e. The van der Waals surface area contributed by atoms with E-state index in [1.54, 1.807) is 0 Å². The summed E-state index contributed by atoms with van der Waals surface area (Å²) in [6.07, 6.45) is 0.662. The first-order valence-electron chi connectivity index (χ1n) is 6.46. The smallest absolute Gasteiger partial charge is 0.250 e. The number of nitrogens with one attached hydrogen (secondary N) is 2. The number of hydrogen-bond acceptors (Lipinski definition) is 3. The molecule has 1 saturated heterocycles. The second-order valence-electron chi connectivity index (χ2n) is 4.54. The molecule has 1 aliphatic rings. The Hall–Kier alpha value is -1.39. The SMILES string of the molecule is CCC1COC(C(=O)NCc2ccccc2)CN1. The lowest BCUT2D eigenvalue weighted by Crippen LogP contribution is -2.51. The summed E-state index contributed by atoms with van der Waals surface area (Å²) >= 11 is 0. The van der Waals surface area contributed by atoms with Gasteiger partial charge in [0.05, 0.1) is 6.61 Å². The van der Waals surface area contributed by atoms with Gasteiger partial charge in [-0.3, -0.25) is 4.79 Å². The molecule has 2 unspecified atom stereocenters. The number of amides is 1. The Morgan fingerprint density at radius 1 is 1.44 bits per heavy atom. The van der Waals surface area contributed by atoms with Crippen molar-refractivity contribution in [3.8, 4) is 0 Å². The summed E-state index contributed by atoms with van der Waals surface area (Å²) in [5, 5.41) is 6.21. The third kappa shape index (κ3) is 3.55. The van der Waals surface area contributed by atoms with Crippen LogP contribution in [0.1, 0.15) is 18.9 Å². The normalized spacial score (nSPS) is 23.6. The van der Waals surface area contributed by atoms with Gasteiger partial charge < -0.3 is 15.4 Å². The zero-order chi connectivity index (χ0) is 12.8.